The fourth-order valence-corrected chi connectivity index (χ4v) is 20.5. The molecule has 2 aromatic carbocycles. The van der Waals surface area contributed by atoms with E-state index in [1.165, 1.54) is 62.5 Å². The van der Waals surface area contributed by atoms with Crippen LogP contribution in [-0.4, -0.2) is 40.7 Å². The number of nitrogens with zero attached hydrogens (tertiary/aromatic N) is 2. The second-order valence-corrected chi connectivity index (χ2v) is 26.4. The summed E-state index contributed by atoms with van der Waals surface area (Å²) in [7, 11) is 0. The Morgan fingerprint density at radius 3 is 1.68 bits per heavy atom. The van der Waals surface area contributed by atoms with Crippen LogP contribution in [0.15, 0.2) is 80.0 Å². The van der Waals surface area contributed by atoms with Gasteiger partial charge < -0.3 is 0 Å². The van der Waals surface area contributed by atoms with Crippen LogP contribution in [0, 0.1) is 0 Å². The van der Waals surface area contributed by atoms with Crippen molar-refractivity contribution in [2.75, 3.05) is 6.61 Å². The number of rotatable bonds is 13. The van der Waals surface area contributed by atoms with Crippen molar-refractivity contribution in [3.8, 4) is 0 Å². The molecule has 44 heavy (non-hydrogen) atoms. The summed E-state index contributed by atoms with van der Waals surface area (Å²) < 4.78 is 13.5. The molecule has 8 heteroatoms. The molecule has 4 rings (SSSR count). The van der Waals surface area contributed by atoms with E-state index in [1.807, 2.05) is 48.5 Å². The van der Waals surface area contributed by atoms with E-state index in [0.717, 1.165) is 37.4 Å². The Morgan fingerprint density at radius 2 is 1.23 bits per heavy atom. The Labute approximate surface area is 290 Å². The maximum absolute atomic E-state index is 11.1. The number of aromatic nitrogens is 2. The van der Waals surface area contributed by atoms with Gasteiger partial charge in [0.15, 0.2) is 5.78 Å². The third kappa shape index (κ3) is 12.7. The SMILES string of the molecule is C=[C](OCC)[Sn]([CH2]CCC)([CH2]CCC)[CH2]CCC.CC(=O)c1ccc2ccc(Br)cc2n1.Clc1ccc2ccc(Br)cc2n1. The van der Waals surface area contributed by atoms with Crippen molar-refractivity contribution in [3.63, 3.8) is 0 Å². The molecule has 4 aromatic rings. The zero-order chi connectivity index (χ0) is 32.5. The van der Waals surface area contributed by atoms with Gasteiger partial charge in [-0.2, -0.15) is 0 Å². The molecule has 4 nitrogen and oxygen atoms in total. The van der Waals surface area contributed by atoms with E-state index in [0.29, 0.717) is 10.8 Å². The molecule has 0 atom stereocenters. The van der Waals surface area contributed by atoms with Crippen molar-refractivity contribution >= 4 is 89.4 Å². The number of Topliss-reactive ketones (excluding diaryl/α,β-unsaturated/α-hetero) is 1. The van der Waals surface area contributed by atoms with Crippen molar-refractivity contribution in [1.29, 1.82) is 0 Å². The number of ketones is 1. The van der Waals surface area contributed by atoms with E-state index in [9.17, 15) is 4.79 Å². The number of hydrogen-bond donors (Lipinski definition) is 0. The Bertz CT molecular complexity index is 1440. The molecule has 0 aliphatic heterocycles. The first kappa shape index (κ1) is 38.7. The molecule has 0 bridgehead atoms. The predicted octanol–water partition coefficient (Wildman–Crippen LogP) is 12.8. The topological polar surface area (TPSA) is 52.1 Å². The minimum Gasteiger partial charge on any atom is -0.293 e. The number of fused-ring (bicyclic) bond motifs is 2. The molecule has 0 fully saturated rings. The van der Waals surface area contributed by atoms with Gasteiger partial charge in [0, 0.05) is 26.6 Å². The van der Waals surface area contributed by atoms with Crippen LogP contribution in [0.25, 0.3) is 21.8 Å². The van der Waals surface area contributed by atoms with E-state index in [4.69, 9.17) is 16.3 Å². The molecule has 0 radical (unpaired) electrons. The summed E-state index contributed by atoms with van der Waals surface area (Å²) in [5, 5.41) is 2.67. The molecule has 0 N–H and O–H groups in total. The van der Waals surface area contributed by atoms with E-state index in [1.54, 1.807) is 12.1 Å². The average Bonchev–Trinajstić information content (AvgIpc) is 3.01. The summed E-state index contributed by atoms with van der Waals surface area (Å²) in [6.07, 6.45) is 8.10. The van der Waals surface area contributed by atoms with Gasteiger partial charge in [-0.15, -0.1) is 0 Å². The van der Waals surface area contributed by atoms with E-state index < -0.39 is 18.4 Å². The molecular formula is C36H47Br2ClN2O2Sn. The number of carbonyl (C=O) groups excluding carboxylic acids is 1. The Morgan fingerprint density at radius 1 is 0.773 bits per heavy atom. The van der Waals surface area contributed by atoms with E-state index in [2.05, 4.69) is 76.1 Å². The van der Waals surface area contributed by atoms with Crippen LogP contribution in [-0.2, 0) is 4.74 Å². The summed E-state index contributed by atoms with van der Waals surface area (Å²) in [4.78, 5) is 19.5. The van der Waals surface area contributed by atoms with Crippen molar-refractivity contribution < 1.29 is 9.53 Å². The number of carbonyl (C=O) groups is 1. The van der Waals surface area contributed by atoms with Gasteiger partial charge >= 0.3 is 120 Å². The van der Waals surface area contributed by atoms with Crippen LogP contribution in [0.5, 0.6) is 0 Å². The van der Waals surface area contributed by atoms with Gasteiger partial charge in [-0.05, 0) is 42.5 Å². The van der Waals surface area contributed by atoms with Gasteiger partial charge in [0.2, 0.25) is 0 Å². The molecular weight excluding hydrogens is 806 g/mol. The summed E-state index contributed by atoms with van der Waals surface area (Å²) in [5.41, 5.74) is 2.26. The summed E-state index contributed by atoms with van der Waals surface area (Å²) in [6.45, 7) is 15.7. The number of halogens is 3. The molecule has 0 spiro atoms. The predicted molar refractivity (Wildman–Crippen MR) is 200 cm³/mol. The maximum Gasteiger partial charge on any atom is 0.178 e. The third-order valence-corrected chi connectivity index (χ3v) is 23.8. The molecule has 0 aliphatic rings. The molecule has 0 aliphatic carbocycles. The first-order valence-corrected chi connectivity index (χ1v) is 25.1. The molecule has 238 valence electrons. The second-order valence-electron chi connectivity index (χ2n) is 11.0. The van der Waals surface area contributed by atoms with Crippen molar-refractivity contribution in [2.45, 2.75) is 86.5 Å². The summed E-state index contributed by atoms with van der Waals surface area (Å²) in [5.74, 6) is -0.00752. The van der Waals surface area contributed by atoms with Crippen molar-refractivity contribution in [1.82, 2.24) is 9.97 Å². The average molecular weight is 854 g/mol. The van der Waals surface area contributed by atoms with E-state index in [-0.39, 0.29) is 5.78 Å². The van der Waals surface area contributed by atoms with Crippen molar-refractivity contribution in [3.05, 3.63) is 90.8 Å². The summed E-state index contributed by atoms with van der Waals surface area (Å²) in [6, 6.07) is 19.2. The van der Waals surface area contributed by atoms with Gasteiger partial charge in [0.05, 0.1) is 11.0 Å². The molecule has 2 aromatic heterocycles. The number of hydrogen-bond acceptors (Lipinski definition) is 4. The Balaban J connectivity index is 0.000000234. The standard InChI is InChI=1S/C11H8BrNO.C9H5BrClN.C4H7O.3C4H9.Sn/c1-7(14)10-5-3-8-2-4-9(12)6-11(8)13-10;10-7-3-1-6-2-4-9(11)12-8(6)5-7;1-3-5-4-2;3*1-3-4-2;/h2-6H,1H3;1-5H;1,4H2,2H3;3*1,3-4H2,2H3;. The number of pyridine rings is 2. The largest absolute Gasteiger partial charge is 0.293 e. The number of ether oxygens (including phenoxy) is 1. The third-order valence-electron chi connectivity index (χ3n) is 7.57. The van der Waals surface area contributed by atoms with Crippen molar-refractivity contribution in [2.24, 2.45) is 0 Å². The molecule has 0 unspecified atom stereocenters. The molecule has 0 amide bonds. The first-order chi connectivity index (χ1) is 21.1. The van der Waals surface area contributed by atoms with E-state index >= 15 is 0 Å². The monoisotopic (exact) mass is 852 g/mol. The van der Waals surface area contributed by atoms with Gasteiger partial charge in [-0.1, -0.05) is 61.7 Å². The van der Waals surface area contributed by atoms with Gasteiger partial charge in [0.1, 0.15) is 10.8 Å². The fraction of sp³-hybridized carbons (Fsp3) is 0.417. The van der Waals surface area contributed by atoms with Crippen LogP contribution in [0.4, 0.5) is 0 Å². The van der Waals surface area contributed by atoms with Gasteiger partial charge in [0.25, 0.3) is 0 Å². The number of benzene rings is 2. The van der Waals surface area contributed by atoms with Gasteiger partial charge in [-0.25, -0.2) is 9.97 Å². The first-order valence-electron chi connectivity index (χ1n) is 15.7. The minimum atomic E-state index is -2.24. The molecule has 2 heterocycles. The maximum atomic E-state index is 11.1. The van der Waals surface area contributed by atoms with Crippen LogP contribution < -0.4 is 0 Å². The van der Waals surface area contributed by atoms with Crippen LogP contribution in [0.1, 0.15) is 83.6 Å². The second kappa shape index (κ2) is 20.6. The minimum absolute atomic E-state index is 0.00752. The quantitative estimate of drug-likeness (QED) is 0.0582. The van der Waals surface area contributed by atoms with Crippen LogP contribution in [0.3, 0.4) is 0 Å². The fourth-order valence-electron chi connectivity index (χ4n) is 5.02. The van der Waals surface area contributed by atoms with Crippen LogP contribution in [0.2, 0.25) is 18.5 Å². The van der Waals surface area contributed by atoms with Crippen LogP contribution >= 0.6 is 43.5 Å². The Kier molecular flexibility index (Phi) is 18.1. The zero-order valence-corrected chi connectivity index (χ0v) is 33.7. The normalized spacial score (nSPS) is 10.9. The Hall–Kier alpha value is -1.48. The van der Waals surface area contributed by atoms with Gasteiger partial charge in [-0.3, -0.25) is 4.79 Å². The smallest absolute Gasteiger partial charge is 0.178 e. The number of unbranched alkanes of at least 4 members (excludes halogenated alkanes) is 3. The zero-order valence-electron chi connectivity index (χ0n) is 26.9. The summed E-state index contributed by atoms with van der Waals surface area (Å²) >= 11 is 10.2. The molecule has 0 saturated carbocycles. The molecule has 0 saturated heterocycles.